The second-order valence-corrected chi connectivity index (χ2v) is 4.16. The van der Waals surface area contributed by atoms with Gasteiger partial charge in [-0.05, 0) is 36.8 Å². The first-order valence-electron chi connectivity index (χ1n) is 5.29. The number of amides is 1. The van der Waals surface area contributed by atoms with Crippen LogP contribution in [0.2, 0.25) is 5.15 Å². The highest BCUT2D eigenvalue weighted by Crippen LogP contribution is 2.23. The standard InChI is InChI=1S/C13H11ClN2O2/c1-8-5-6-15-12(14)11(8)16-13(18)9-3-2-4-10(17)7-9/h2-7,17H,1H3,(H,16,18). The van der Waals surface area contributed by atoms with Gasteiger partial charge in [0.1, 0.15) is 5.75 Å². The Morgan fingerprint density at radius 1 is 1.39 bits per heavy atom. The van der Waals surface area contributed by atoms with Gasteiger partial charge in [0.15, 0.2) is 5.15 Å². The summed E-state index contributed by atoms with van der Waals surface area (Å²) in [6.45, 7) is 1.83. The number of halogens is 1. The van der Waals surface area contributed by atoms with E-state index in [4.69, 9.17) is 11.6 Å². The predicted molar refractivity (Wildman–Crippen MR) is 70.0 cm³/mol. The molecule has 92 valence electrons. The monoisotopic (exact) mass is 262 g/mol. The van der Waals surface area contributed by atoms with Crippen molar-refractivity contribution in [1.82, 2.24) is 4.98 Å². The molecule has 4 nitrogen and oxygen atoms in total. The van der Waals surface area contributed by atoms with Gasteiger partial charge in [0, 0.05) is 11.8 Å². The number of aromatic hydroxyl groups is 1. The van der Waals surface area contributed by atoms with Gasteiger partial charge in [0.25, 0.3) is 5.91 Å². The molecule has 0 aliphatic heterocycles. The number of carbonyl (C=O) groups is 1. The lowest BCUT2D eigenvalue weighted by Crippen LogP contribution is -2.13. The van der Waals surface area contributed by atoms with E-state index in [0.717, 1.165) is 5.56 Å². The maximum Gasteiger partial charge on any atom is 0.255 e. The van der Waals surface area contributed by atoms with Gasteiger partial charge in [0.05, 0.1) is 5.69 Å². The Hall–Kier alpha value is -2.07. The third-order valence-electron chi connectivity index (χ3n) is 2.46. The quantitative estimate of drug-likeness (QED) is 0.818. The van der Waals surface area contributed by atoms with Crippen molar-refractivity contribution in [3.63, 3.8) is 0 Å². The maximum atomic E-state index is 12.0. The Bertz CT molecular complexity index is 579. The van der Waals surface area contributed by atoms with Crippen molar-refractivity contribution in [1.29, 1.82) is 0 Å². The molecule has 2 aromatic rings. The number of aromatic nitrogens is 1. The van der Waals surface area contributed by atoms with E-state index in [1.165, 1.54) is 12.1 Å². The summed E-state index contributed by atoms with van der Waals surface area (Å²) in [5.41, 5.74) is 1.66. The van der Waals surface area contributed by atoms with Gasteiger partial charge in [-0.2, -0.15) is 0 Å². The van der Waals surface area contributed by atoms with Gasteiger partial charge in [-0.3, -0.25) is 4.79 Å². The van der Waals surface area contributed by atoms with E-state index in [2.05, 4.69) is 10.3 Å². The van der Waals surface area contributed by atoms with Crippen molar-refractivity contribution in [2.24, 2.45) is 0 Å². The van der Waals surface area contributed by atoms with E-state index in [1.54, 1.807) is 24.4 Å². The molecule has 0 saturated carbocycles. The van der Waals surface area contributed by atoms with E-state index in [0.29, 0.717) is 11.3 Å². The van der Waals surface area contributed by atoms with E-state index in [9.17, 15) is 9.90 Å². The summed E-state index contributed by atoms with van der Waals surface area (Å²) >= 11 is 5.92. The molecule has 0 radical (unpaired) electrons. The number of phenolic OH excluding ortho intramolecular Hbond substituents is 1. The summed E-state index contributed by atoms with van der Waals surface area (Å²) in [6, 6.07) is 7.84. The van der Waals surface area contributed by atoms with Crippen molar-refractivity contribution < 1.29 is 9.90 Å². The van der Waals surface area contributed by atoms with Gasteiger partial charge in [-0.1, -0.05) is 17.7 Å². The molecule has 2 rings (SSSR count). The molecular weight excluding hydrogens is 252 g/mol. The van der Waals surface area contributed by atoms with Crippen LogP contribution in [0.25, 0.3) is 0 Å². The van der Waals surface area contributed by atoms with Crippen molar-refractivity contribution >= 4 is 23.2 Å². The fourth-order valence-corrected chi connectivity index (χ4v) is 1.76. The zero-order valence-corrected chi connectivity index (χ0v) is 10.4. The first kappa shape index (κ1) is 12.4. The predicted octanol–water partition coefficient (Wildman–Crippen LogP) is 3.00. The molecule has 0 atom stereocenters. The molecule has 0 bridgehead atoms. The number of nitrogens with one attached hydrogen (secondary N) is 1. The highest BCUT2D eigenvalue weighted by atomic mass is 35.5. The number of phenols is 1. The Morgan fingerprint density at radius 2 is 2.17 bits per heavy atom. The van der Waals surface area contributed by atoms with Crippen molar-refractivity contribution in [2.45, 2.75) is 6.92 Å². The molecule has 1 aromatic heterocycles. The molecule has 0 unspecified atom stereocenters. The third-order valence-corrected chi connectivity index (χ3v) is 2.75. The number of carbonyl (C=O) groups excluding carboxylic acids is 1. The third kappa shape index (κ3) is 2.60. The van der Waals surface area contributed by atoms with Gasteiger partial charge in [0.2, 0.25) is 0 Å². The highest BCUT2D eigenvalue weighted by Gasteiger charge is 2.11. The van der Waals surface area contributed by atoms with E-state index in [1.807, 2.05) is 6.92 Å². The van der Waals surface area contributed by atoms with Gasteiger partial charge >= 0.3 is 0 Å². The first-order chi connectivity index (χ1) is 8.58. The fourth-order valence-electron chi connectivity index (χ4n) is 1.51. The van der Waals surface area contributed by atoms with Crippen molar-refractivity contribution in [3.05, 3.63) is 52.8 Å². The SMILES string of the molecule is Cc1ccnc(Cl)c1NC(=O)c1cccc(O)c1. The Labute approximate surface area is 109 Å². The number of anilines is 1. The zero-order chi connectivity index (χ0) is 13.1. The van der Waals surface area contributed by atoms with Crippen molar-refractivity contribution in [3.8, 4) is 5.75 Å². The molecule has 0 aliphatic carbocycles. The maximum absolute atomic E-state index is 12.0. The number of pyridine rings is 1. The molecule has 1 aromatic carbocycles. The molecule has 1 heterocycles. The van der Waals surface area contributed by atoms with E-state index < -0.39 is 0 Å². The minimum Gasteiger partial charge on any atom is -0.508 e. The summed E-state index contributed by atoms with van der Waals surface area (Å²) in [4.78, 5) is 15.9. The second-order valence-electron chi connectivity index (χ2n) is 3.80. The molecule has 0 saturated heterocycles. The molecule has 0 spiro atoms. The molecule has 18 heavy (non-hydrogen) atoms. The summed E-state index contributed by atoms with van der Waals surface area (Å²) in [5.74, 6) is -0.305. The Morgan fingerprint density at radius 3 is 2.83 bits per heavy atom. The van der Waals surface area contributed by atoms with Crippen LogP contribution in [0.5, 0.6) is 5.75 Å². The number of aryl methyl sites for hydroxylation is 1. The Balaban J connectivity index is 2.27. The lowest BCUT2D eigenvalue weighted by Gasteiger charge is -2.09. The summed E-state index contributed by atoms with van der Waals surface area (Å²) in [7, 11) is 0. The van der Waals surface area contributed by atoms with Gasteiger partial charge < -0.3 is 10.4 Å². The Kier molecular flexibility index (Phi) is 3.48. The van der Waals surface area contributed by atoms with Crippen LogP contribution < -0.4 is 5.32 Å². The van der Waals surface area contributed by atoms with Gasteiger partial charge in [-0.15, -0.1) is 0 Å². The normalized spacial score (nSPS) is 10.1. The van der Waals surface area contributed by atoms with Crippen LogP contribution in [0.4, 0.5) is 5.69 Å². The van der Waals surface area contributed by atoms with Crippen molar-refractivity contribution in [2.75, 3.05) is 5.32 Å². The smallest absolute Gasteiger partial charge is 0.255 e. The largest absolute Gasteiger partial charge is 0.508 e. The zero-order valence-electron chi connectivity index (χ0n) is 9.64. The average molecular weight is 263 g/mol. The van der Waals surface area contributed by atoms with Crippen LogP contribution in [0, 0.1) is 6.92 Å². The summed E-state index contributed by atoms with van der Waals surface area (Å²) in [5, 5.41) is 12.2. The summed E-state index contributed by atoms with van der Waals surface area (Å²) < 4.78 is 0. The number of hydrogen-bond donors (Lipinski definition) is 2. The molecule has 0 fully saturated rings. The molecular formula is C13H11ClN2O2. The second kappa shape index (κ2) is 5.06. The molecule has 1 amide bonds. The van der Waals surface area contributed by atoms with E-state index >= 15 is 0 Å². The minimum absolute atomic E-state index is 0.0386. The lowest BCUT2D eigenvalue weighted by atomic mass is 10.2. The van der Waals surface area contributed by atoms with Gasteiger partial charge in [-0.25, -0.2) is 4.98 Å². The molecule has 2 N–H and O–H groups in total. The first-order valence-corrected chi connectivity index (χ1v) is 5.67. The van der Waals surface area contributed by atoms with Crippen LogP contribution in [0.3, 0.4) is 0 Å². The number of hydrogen-bond acceptors (Lipinski definition) is 3. The highest BCUT2D eigenvalue weighted by molar-refractivity contribution is 6.32. The van der Waals surface area contributed by atoms with Crippen LogP contribution in [0.1, 0.15) is 15.9 Å². The number of benzene rings is 1. The summed E-state index contributed by atoms with van der Waals surface area (Å²) in [6.07, 6.45) is 1.57. The van der Waals surface area contributed by atoms with E-state index in [-0.39, 0.29) is 16.8 Å². The van der Waals surface area contributed by atoms with Crippen LogP contribution in [-0.2, 0) is 0 Å². The molecule has 0 aliphatic rings. The van der Waals surface area contributed by atoms with Crippen LogP contribution in [0.15, 0.2) is 36.5 Å². The lowest BCUT2D eigenvalue weighted by molar-refractivity contribution is 0.102. The van der Waals surface area contributed by atoms with Crippen LogP contribution >= 0.6 is 11.6 Å². The fraction of sp³-hybridized carbons (Fsp3) is 0.0769. The number of rotatable bonds is 2. The topological polar surface area (TPSA) is 62.2 Å². The average Bonchev–Trinajstić information content (AvgIpc) is 2.34. The number of nitrogens with zero attached hydrogens (tertiary/aromatic N) is 1. The minimum atomic E-state index is -0.344. The molecule has 5 heteroatoms. The van der Waals surface area contributed by atoms with Crippen LogP contribution in [-0.4, -0.2) is 16.0 Å².